The van der Waals surface area contributed by atoms with Crippen LogP contribution in [-0.2, 0) is 21.4 Å². The third-order valence-corrected chi connectivity index (χ3v) is 10.0. The van der Waals surface area contributed by atoms with Crippen molar-refractivity contribution in [1.82, 2.24) is 5.16 Å². The molecule has 4 rings (SSSR count). The van der Waals surface area contributed by atoms with Gasteiger partial charge in [0.25, 0.3) is 10.0 Å². The van der Waals surface area contributed by atoms with Gasteiger partial charge in [0, 0.05) is 20.2 Å². The molecule has 0 atom stereocenters. The van der Waals surface area contributed by atoms with Gasteiger partial charge in [-0.3, -0.25) is 0 Å². The lowest BCUT2D eigenvalue weighted by atomic mass is 10.00. The zero-order valence-corrected chi connectivity index (χ0v) is 25.1. The summed E-state index contributed by atoms with van der Waals surface area (Å²) in [4.78, 5) is 0.0997. The Hall–Kier alpha value is -3.11. The highest BCUT2D eigenvalue weighted by molar-refractivity contribution is 7.93. The van der Waals surface area contributed by atoms with Crippen molar-refractivity contribution >= 4 is 35.5 Å². The number of ether oxygens (including phenoxy) is 2. The maximum atomic E-state index is 14.3. The van der Waals surface area contributed by atoms with E-state index in [0.717, 1.165) is 27.2 Å². The second kappa shape index (κ2) is 12.4. The first kappa shape index (κ1) is 28.9. The van der Waals surface area contributed by atoms with Gasteiger partial charge in [-0.2, -0.15) is 0 Å². The number of aryl methyl sites for hydroxylation is 1. The predicted octanol–water partition coefficient (Wildman–Crippen LogP) is 7.39. The van der Waals surface area contributed by atoms with Crippen LogP contribution in [0, 0.1) is 6.92 Å². The van der Waals surface area contributed by atoms with E-state index in [2.05, 4.69) is 24.8 Å². The molecule has 0 unspecified atom stereocenters. The second-order valence-corrected chi connectivity index (χ2v) is 18.2. The van der Waals surface area contributed by atoms with Crippen molar-refractivity contribution in [3.8, 4) is 16.9 Å². The van der Waals surface area contributed by atoms with Gasteiger partial charge in [-0.25, -0.2) is 12.7 Å². The summed E-state index contributed by atoms with van der Waals surface area (Å²) in [5.74, 6) is 1.05. The van der Waals surface area contributed by atoms with Gasteiger partial charge in [-0.15, -0.1) is 0 Å². The summed E-state index contributed by atoms with van der Waals surface area (Å²) < 4.78 is 46.7. The summed E-state index contributed by atoms with van der Waals surface area (Å²) in [5.41, 5.74) is 2.13. The average molecular weight is 585 g/mol. The highest BCUT2D eigenvalue weighted by Crippen LogP contribution is 2.36. The smallest absolute Gasteiger partial charge is 0.268 e. The van der Waals surface area contributed by atoms with Crippen LogP contribution in [0.1, 0.15) is 11.3 Å². The van der Waals surface area contributed by atoms with Crippen LogP contribution in [0.5, 0.6) is 5.75 Å². The lowest BCUT2D eigenvalue weighted by Gasteiger charge is -2.24. The van der Waals surface area contributed by atoms with Gasteiger partial charge in [0.1, 0.15) is 24.1 Å². The van der Waals surface area contributed by atoms with E-state index >= 15 is 0 Å². The van der Waals surface area contributed by atoms with Crippen LogP contribution in [0.3, 0.4) is 0 Å². The molecule has 1 aromatic heterocycles. The van der Waals surface area contributed by atoms with Gasteiger partial charge in [0.05, 0.1) is 4.90 Å². The first-order chi connectivity index (χ1) is 18.6. The molecule has 0 fully saturated rings. The number of hydrogen-bond donors (Lipinski definition) is 0. The molecule has 0 amide bonds. The first-order valence-corrected chi connectivity index (χ1v) is 18.2. The van der Waals surface area contributed by atoms with Crippen molar-refractivity contribution in [1.29, 1.82) is 0 Å². The van der Waals surface area contributed by atoms with E-state index in [0.29, 0.717) is 17.9 Å². The Morgan fingerprint density at radius 2 is 1.56 bits per heavy atom. The normalized spacial score (nSPS) is 11.9. The Morgan fingerprint density at radius 3 is 2.23 bits per heavy atom. The number of nitrogens with zero attached hydrogens (tertiary/aromatic N) is 2. The summed E-state index contributed by atoms with van der Waals surface area (Å²) in [6.07, 6.45) is 0. The fraction of sp³-hybridized carbons (Fsp3) is 0.276. The van der Waals surface area contributed by atoms with Crippen LogP contribution in [0.15, 0.2) is 88.3 Å². The molecule has 206 valence electrons. The lowest BCUT2D eigenvalue weighted by Crippen LogP contribution is -2.35. The summed E-state index contributed by atoms with van der Waals surface area (Å²) in [6, 6.07) is 24.8. The highest BCUT2D eigenvalue weighted by atomic mass is 35.5. The van der Waals surface area contributed by atoms with Gasteiger partial charge >= 0.3 is 0 Å². The van der Waals surface area contributed by atoms with E-state index in [1.165, 1.54) is 0 Å². The molecule has 0 aliphatic rings. The number of aromatic nitrogens is 1. The van der Waals surface area contributed by atoms with Crippen LogP contribution in [0.4, 0.5) is 5.82 Å². The molecule has 0 saturated heterocycles. The molecule has 0 radical (unpaired) electrons. The van der Waals surface area contributed by atoms with E-state index in [1.54, 1.807) is 25.1 Å². The Morgan fingerprint density at radius 1 is 0.923 bits per heavy atom. The molecule has 0 aliphatic carbocycles. The minimum absolute atomic E-state index is 0.00216. The van der Waals surface area contributed by atoms with Gasteiger partial charge in [-0.1, -0.05) is 97.1 Å². The Labute approximate surface area is 236 Å². The minimum Gasteiger partial charge on any atom is -0.489 e. The first-order valence-electron chi connectivity index (χ1n) is 12.7. The molecule has 0 N–H and O–H groups in total. The Kier molecular flexibility index (Phi) is 9.17. The van der Waals surface area contributed by atoms with Crippen LogP contribution in [0.25, 0.3) is 11.1 Å². The third-order valence-electron chi connectivity index (χ3n) is 6.12. The van der Waals surface area contributed by atoms with E-state index in [9.17, 15) is 8.42 Å². The van der Waals surface area contributed by atoms with Gasteiger partial charge in [0.2, 0.25) is 5.82 Å². The van der Waals surface area contributed by atoms with Crippen LogP contribution < -0.4 is 9.04 Å². The van der Waals surface area contributed by atoms with Crippen molar-refractivity contribution < 1.29 is 22.4 Å². The monoisotopic (exact) mass is 584 g/mol. The number of para-hydroxylation sites is 1. The second-order valence-electron chi connectivity index (χ2n) is 10.3. The Bertz CT molecular complexity index is 1500. The summed E-state index contributed by atoms with van der Waals surface area (Å²) in [5, 5.41) is 4.09. The van der Waals surface area contributed by atoms with Crippen molar-refractivity contribution in [2.45, 2.75) is 44.1 Å². The predicted molar refractivity (Wildman–Crippen MR) is 158 cm³/mol. The molecule has 0 spiro atoms. The largest absolute Gasteiger partial charge is 0.489 e. The van der Waals surface area contributed by atoms with E-state index in [1.807, 2.05) is 60.7 Å². The molecule has 4 aromatic rings. The standard InChI is InChI=1S/C29H33ClN2O5SSi/c1-22-28(30)29(31-37-22)32(21-35-18-19-39(2,3)4)38(33,34)27-17-11-10-16-26(27)25-15-9-8-12-23(25)20-36-24-13-6-5-7-14-24/h5-17H,18-21H2,1-4H3. The molecule has 7 nitrogen and oxygen atoms in total. The third kappa shape index (κ3) is 7.10. The van der Waals surface area contributed by atoms with Crippen molar-refractivity contribution in [3.63, 3.8) is 0 Å². The van der Waals surface area contributed by atoms with Gasteiger partial charge in [0.15, 0.2) is 5.76 Å². The molecule has 39 heavy (non-hydrogen) atoms. The molecule has 3 aromatic carbocycles. The number of rotatable bonds is 12. The molecule has 1 heterocycles. The van der Waals surface area contributed by atoms with E-state index in [-0.39, 0.29) is 29.1 Å². The molecular formula is C29H33ClN2O5SSi. The highest BCUT2D eigenvalue weighted by Gasteiger charge is 2.33. The maximum Gasteiger partial charge on any atom is 0.268 e. The molecular weight excluding hydrogens is 552 g/mol. The topological polar surface area (TPSA) is 81.9 Å². The van der Waals surface area contributed by atoms with Crippen LogP contribution in [0.2, 0.25) is 30.7 Å². The molecule has 0 bridgehead atoms. The van der Waals surface area contributed by atoms with E-state index in [4.69, 9.17) is 25.6 Å². The van der Waals surface area contributed by atoms with Crippen molar-refractivity contribution in [2.75, 3.05) is 17.6 Å². The van der Waals surface area contributed by atoms with Gasteiger partial charge in [-0.05, 0) is 42.3 Å². The molecule has 10 heteroatoms. The van der Waals surface area contributed by atoms with Crippen molar-refractivity contribution in [3.05, 3.63) is 95.2 Å². The number of hydrogen-bond acceptors (Lipinski definition) is 6. The van der Waals surface area contributed by atoms with E-state index < -0.39 is 18.1 Å². The SMILES string of the molecule is Cc1onc(N(COCC[Si](C)(C)C)S(=O)(=O)c2ccccc2-c2ccccc2COc2ccccc2)c1Cl. The fourth-order valence-corrected chi connectivity index (χ4v) is 6.38. The summed E-state index contributed by atoms with van der Waals surface area (Å²) >= 11 is 6.44. The van der Waals surface area contributed by atoms with Gasteiger partial charge < -0.3 is 14.0 Å². The number of halogens is 1. The minimum atomic E-state index is -4.17. The van der Waals surface area contributed by atoms with Crippen molar-refractivity contribution in [2.24, 2.45) is 0 Å². The van der Waals surface area contributed by atoms with Crippen LogP contribution >= 0.6 is 11.6 Å². The quantitative estimate of drug-likeness (QED) is 0.0980. The summed E-state index contributed by atoms with van der Waals surface area (Å²) in [6.45, 7) is 8.79. The number of anilines is 1. The summed E-state index contributed by atoms with van der Waals surface area (Å²) in [7, 11) is -5.55. The van der Waals surface area contributed by atoms with Crippen LogP contribution in [-0.4, -0.2) is 35.0 Å². The fourth-order valence-electron chi connectivity index (χ4n) is 3.89. The lowest BCUT2D eigenvalue weighted by molar-refractivity contribution is 0.155. The number of sulfonamides is 1. The molecule has 0 aliphatic heterocycles. The number of benzene rings is 3. The Balaban J connectivity index is 1.71. The molecule has 0 saturated carbocycles. The zero-order chi connectivity index (χ0) is 28.0. The average Bonchev–Trinajstić information content (AvgIpc) is 3.25. The maximum absolute atomic E-state index is 14.3. The zero-order valence-electron chi connectivity index (χ0n) is 22.6.